The minimum absolute atomic E-state index is 0.370. The zero-order valence-electron chi connectivity index (χ0n) is 12.7. The number of pyridine rings is 1. The van der Waals surface area contributed by atoms with E-state index in [-0.39, 0.29) is 0 Å². The summed E-state index contributed by atoms with van der Waals surface area (Å²) in [5, 5.41) is 0. The van der Waals surface area contributed by atoms with Gasteiger partial charge < -0.3 is 0 Å². The highest BCUT2D eigenvalue weighted by Crippen LogP contribution is 2.31. The lowest BCUT2D eigenvalue weighted by atomic mass is 10.1. The molecule has 0 aromatic carbocycles. The number of aromatic nitrogens is 3. The van der Waals surface area contributed by atoms with E-state index in [0.717, 1.165) is 24.6 Å². The summed E-state index contributed by atoms with van der Waals surface area (Å²) >= 11 is 0. The Morgan fingerprint density at radius 3 is 2.86 bits per heavy atom. The predicted octanol–water partition coefficient (Wildman–Crippen LogP) is 3.33. The minimum Gasteiger partial charge on any atom is -0.289 e. The number of nitrogens with zero attached hydrogens (tertiary/aromatic N) is 4. The van der Waals surface area contributed by atoms with Crippen molar-refractivity contribution in [2.45, 2.75) is 45.2 Å². The van der Waals surface area contributed by atoms with Gasteiger partial charge in [-0.15, -0.1) is 0 Å². The second-order valence-electron chi connectivity index (χ2n) is 5.94. The first-order chi connectivity index (χ1) is 10.2. The lowest BCUT2D eigenvalue weighted by Gasteiger charge is -2.23. The average Bonchev–Trinajstić information content (AvgIpc) is 2.96. The molecule has 1 saturated heterocycles. The lowest BCUT2D eigenvalue weighted by molar-refractivity contribution is 0.241. The van der Waals surface area contributed by atoms with Crippen molar-refractivity contribution in [3.8, 4) is 0 Å². The summed E-state index contributed by atoms with van der Waals surface area (Å²) in [6.45, 7) is 6.25. The Bertz CT molecular complexity index is 582. The zero-order valence-corrected chi connectivity index (χ0v) is 12.7. The molecule has 1 fully saturated rings. The SMILES string of the molecule is CC(C)c1nccc(CN2CCC[C@H]2c2ccccn2)n1. The topological polar surface area (TPSA) is 41.9 Å². The van der Waals surface area contributed by atoms with Gasteiger partial charge in [-0.2, -0.15) is 0 Å². The number of rotatable bonds is 4. The Morgan fingerprint density at radius 1 is 1.19 bits per heavy atom. The molecular weight excluding hydrogens is 260 g/mol. The van der Waals surface area contributed by atoms with E-state index in [1.54, 1.807) is 0 Å². The highest BCUT2D eigenvalue weighted by atomic mass is 15.2. The van der Waals surface area contributed by atoms with Gasteiger partial charge in [0.2, 0.25) is 0 Å². The van der Waals surface area contributed by atoms with Gasteiger partial charge in [-0.25, -0.2) is 9.97 Å². The van der Waals surface area contributed by atoms with Crippen molar-refractivity contribution in [2.24, 2.45) is 0 Å². The van der Waals surface area contributed by atoms with Crippen molar-refractivity contribution < 1.29 is 0 Å². The Balaban J connectivity index is 1.76. The van der Waals surface area contributed by atoms with Crippen LogP contribution < -0.4 is 0 Å². The van der Waals surface area contributed by atoms with Gasteiger partial charge in [0.05, 0.1) is 17.4 Å². The van der Waals surface area contributed by atoms with E-state index in [1.807, 2.05) is 24.5 Å². The van der Waals surface area contributed by atoms with Crippen LogP contribution in [0.1, 0.15) is 55.9 Å². The summed E-state index contributed by atoms with van der Waals surface area (Å²) in [5.74, 6) is 1.30. The zero-order chi connectivity index (χ0) is 14.7. The van der Waals surface area contributed by atoms with Crippen LogP contribution in [0.5, 0.6) is 0 Å². The second kappa shape index (κ2) is 6.31. The molecule has 3 rings (SSSR count). The van der Waals surface area contributed by atoms with E-state index < -0.39 is 0 Å². The molecule has 110 valence electrons. The van der Waals surface area contributed by atoms with Crippen LogP contribution in [-0.4, -0.2) is 26.4 Å². The molecule has 1 atom stereocenters. The summed E-state index contributed by atoms with van der Waals surface area (Å²) in [5.41, 5.74) is 2.28. The van der Waals surface area contributed by atoms with Crippen LogP contribution in [0.2, 0.25) is 0 Å². The third-order valence-electron chi connectivity index (χ3n) is 4.01. The lowest BCUT2D eigenvalue weighted by Crippen LogP contribution is -2.24. The number of hydrogen-bond donors (Lipinski definition) is 0. The molecule has 3 heterocycles. The van der Waals surface area contributed by atoms with Crippen molar-refractivity contribution >= 4 is 0 Å². The fraction of sp³-hybridized carbons (Fsp3) is 0.471. The van der Waals surface area contributed by atoms with Crippen molar-refractivity contribution in [2.75, 3.05) is 6.54 Å². The molecular formula is C17H22N4. The first-order valence-electron chi connectivity index (χ1n) is 7.71. The van der Waals surface area contributed by atoms with E-state index >= 15 is 0 Å². The maximum atomic E-state index is 4.69. The summed E-state index contributed by atoms with van der Waals surface area (Å²) in [6.07, 6.45) is 6.17. The Hall–Kier alpha value is -1.81. The van der Waals surface area contributed by atoms with Crippen molar-refractivity contribution in [1.82, 2.24) is 19.9 Å². The second-order valence-corrected chi connectivity index (χ2v) is 5.94. The van der Waals surface area contributed by atoms with Gasteiger partial charge in [-0.1, -0.05) is 19.9 Å². The molecule has 4 nitrogen and oxygen atoms in total. The molecule has 0 amide bonds. The normalized spacial score (nSPS) is 19.3. The molecule has 0 saturated carbocycles. The quantitative estimate of drug-likeness (QED) is 0.862. The van der Waals surface area contributed by atoms with E-state index in [1.165, 1.54) is 18.5 Å². The molecule has 0 bridgehead atoms. The molecule has 0 spiro atoms. The first-order valence-corrected chi connectivity index (χ1v) is 7.71. The molecule has 0 radical (unpaired) electrons. The van der Waals surface area contributed by atoms with Gasteiger partial charge in [-0.05, 0) is 37.6 Å². The molecule has 0 N–H and O–H groups in total. The van der Waals surface area contributed by atoms with Gasteiger partial charge in [0.1, 0.15) is 5.82 Å². The summed E-state index contributed by atoms with van der Waals surface area (Å²) < 4.78 is 0. The van der Waals surface area contributed by atoms with Crippen LogP contribution >= 0.6 is 0 Å². The largest absolute Gasteiger partial charge is 0.289 e. The van der Waals surface area contributed by atoms with E-state index in [0.29, 0.717) is 12.0 Å². The monoisotopic (exact) mass is 282 g/mol. The Kier molecular flexibility index (Phi) is 4.25. The van der Waals surface area contributed by atoms with Crippen LogP contribution in [0.25, 0.3) is 0 Å². The Labute approximate surface area is 126 Å². The molecule has 2 aromatic rings. The molecule has 1 aliphatic rings. The molecule has 0 unspecified atom stereocenters. The molecule has 0 aliphatic carbocycles. The van der Waals surface area contributed by atoms with Gasteiger partial charge in [0, 0.05) is 24.9 Å². The van der Waals surface area contributed by atoms with Crippen LogP contribution in [-0.2, 0) is 6.54 Å². The highest BCUT2D eigenvalue weighted by molar-refractivity contribution is 5.12. The number of likely N-dealkylation sites (tertiary alicyclic amines) is 1. The van der Waals surface area contributed by atoms with Crippen molar-refractivity contribution in [3.05, 3.63) is 53.9 Å². The summed E-state index contributed by atoms with van der Waals surface area (Å²) in [7, 11) is 0. The van der Waals surface area contributed by atoms with Crippen LogP contribution in [0.4, 0.5) is 0 Å². The molecule has 2 aromatic heterocycles. The summed E-state index contributed by atoms with van der Waals surface area (Å²) in [6, 6.07) is 8.62. The molecule has 4 heteroatoms. The van der Waals surface area contributed by atoms with Crippen LogP contribution in [0, 0.1) is 0 Å². The standard InChI is InChI=1S/C17H22N4/c1-13(2)17-19-10-8-14(20-17)12-21-11-5-7-16(21)15-6-3-4-9-18-15/h3-4,6,8-10,13,16H,5,7,11-12H2,1-2H3/t16-/m0/s1. The van der Waals surface area contributed by atoms with Gasteiger partial charge in [-0.3, -0.25) is 9.88 Å². The number of hydrogen-bond acceptors (Lipinski definition) is 4. The predicted molar refractivity (Wildman–Crippen MR) is 82.7 cm³/mol. The van der Waals surface area contributed by atoms with Gasteiger partial charge in [0.15, 0.2) is 0 Å². The summed E-state index contributed by atoms with van der Waals surface area (Å²) in [4.78, 5) is 16.0. The average molecular weight is 282 g/mol. The molecule has 1 aliphatic heterocycles. The van der Waals surface area contributed by atoms with E-state index in [4.69, 9.17) is 4.98 Å². The Morgan fingerprint density at radius 2 is 2.10 bits per heavy atom. The first kappa shape index (κ1) is 14.1. The smallest absolute Gasteiger partial charge is 0.131 e. The minimum atomic E-state index is 0.370. The third kappa shape index (κ3) is 3.27. The molecule has 21 heavy (non-hydrogen) atoms. The highest BCUT2D eigenvalue weighted by Gasteiger charge is 2.27. The van der Waals surface area contributed by atoms with Crippen molar-refractivity contribution in [1.29, 1.82) is 0 Å². The maximum absolute atomic E-state index is 4.69. The maximum Gasteiger partial charge on any atom is 0.131 e. The van der Waals surface area contributed by atoms with Crippen LogP contribution in [0.3, 0.4) is 0 Å². The van der Waals surface area contributed by atoms with E-state index in [2.05, 4.69) is 40.8 Å². The van der Waals surface area contributed by atoms with Crippen molar-refractivity contribution in [3.63, 3.8) is 0 Å². The van der Waals surface area contributed by atoms with Gasteiger partial charge in [0.25, 0.3) is 0 Å². The fourth-order valence-corrected chi connectivity index (χ4v) is 2.91. The van der Waals surface area contributed by atoms with E-state index in [9.17, 15) is 0 Å². The van der Waals surface area contributed by atoms with Crippen LogP contribution in [0.15, 0.2) is 36.7 Å². The third-order valence-corrected chi connectivity index (χ3v) is 4.01. The fourth-order valence-electron chi connectivity index (χ4n) is 2.91. The van der Waals surface area contributed by atoms with Gasteiger partial charge >= 0.3 is 0 Å².